The Bertz CT molecular complexity index is 3900. The van der Waals surface area contributed by atoms with Crippen molar-refractivity contribution in [1.82, 2.24) is 4.57 Å². The van der Waals surface area contributed by atoms with Crippen molar-refractivity contribution < 1.29 is 0 Å². The molecule has 0 bridgehead atoms. The van der Waals surface area contributed by atoms with Gasteiger partial charge in [-0.15, -0.1) is 0 Å². The number of anilines is 3. The molecule has 2 nitrogen and oxygen atoms in total. The summed E-state index contributed by atoms with van der Waals surface area (Å²) in [4.78, 5) is 2.43. The van der Waals surface area contributed by atoms with E-state index in [2.05, 4.69) is 266 Å². The van der Waals surface area contributed by atoms with Crippen molar-refractivity contribution in [1.29, 1.82) is 0 Å². The highest BCUT2D eigenvalue weighted by molar-refractivity contribution is 6.12. The minimum atomic E-state index is -0.123. The number of nitrogens with zero attached hydrogens (tertiary/aromatic N) is 2. The van der Waals surface area contributed by atoms with Crippen LogP contribution < -0.4 is 4.90 Å². The van der Waals surface area contributed by atoms with Gasteiger partial charge in [-0.2, -0.15) is 0 Å². The summed E-state index contributed by atoms with van der Waals surface area (Å²) in [6.07, 6.45) is 0. The van der Waals surface area contributed by atoms with Crippen molar-refractivity contribution in [2.24, 2.45) is 0 Å². The number of fused-ring (bicyclic) bond motifs is 8. The van der Waals surface area contributed by atoms with Gasteiger partial charge in [-0.05, 0) is 139 Å². The van der Waals surface area contributed by atoms with Crippen molar-refractivity contribution in [2.75, 3.05) is 4.90 Å². The average Bonchev–Trinajstić information content (AvgIpc) is 3.83. The third-order valence-corrected chi connectivity index (χ3v) is 14.4. The zero-order valence-electron chi connectivity index (χ0n) is 37.5. The molecule has 0 unspecified atom stereocenters. The van der Waals surface area contributed by atoms with Crippen LogP contribution in [-0.4, -0.2) is 4.57 Å². The molecule has 0 N–H and O–H groups in total. The summed E-state index contributed by atoms with van der Waals surface area (Å²) in [6, 6.07) is 89.5. The maximum Gasteiger partial charge on any atom is 0.0541 e. The van der Waals surface area contributed by atoms with E-state index in [0.29, 0.717) is 0 Å². The zero-order chi connectivity index (χ0) is 44.6. The Hall–Kier alpha value is -8.46. The Kier molecular flexibility index (Phi) is 8.91. The highest BCUT2D eigenvalue weighted by Gasteiger charge is 2.35. The molecular weight excluding hydrogens is 809 g/mol. The Balaban J connectivity index is 0.910. The van der Waals surface area contributed by atoms with E-state index in [4.69, 9.17) is 0 Å². The van der Waals surface area contributed by atoms with E-state index in [1.54, 1.807) is 0 Å². The predicted octanol–water partition coefficient (Wildman–Crippen LogP) is 17.9. The molecule has 0 saturated carbocycles. The lowest BCUT2D eigenvalue weighted by atomic mass is 9.82. The number of hydrogen-bond acceptors (Lipinski definition) is 1. The van der Waals surface area contributed by atoms with Crippen molar-refractivity contribution in [3.8, 4) is 50.2 Å². The van der Waals surface area contributed by atoms with Crippen molar-refractivity contribution in [2.45, 2.75) is 19.3 Å². The summed E-state index contributed by atoms with van der Waals surface area (Å²) in [5.41, 5.74) is 19.4. The number of hydrogen-bond donors (Lipinski definition) is 0. The summed E-state index contributed by atoms with van der Waals surface area (Å²) < 4.78 is 2.43. The zero-order valence-corrected chi connectivity index (χ0v) is 37.5. The van der Waals surface area contributed by atoms with Crippen LogP contribution in [0.25, 0.3) is 93.5 Å². The van der Waals surface area contributed by atoms with Crippen LogP contribution in [0.15, 0.2) is 243 Å². The second-order valence-corrected chi connectivity index (χ2v) is 18.5. The number of aromatic nitrogens is 1. The smallest absolute Gasteiger partial charge is 0.0541 e. The molecule has 0 spiro atoms. The fourth-order valence-electron chi connectivity index (χ4n) is 11.1. The summed E-state index contributed by atoms with van der Waals surface area (Å²) in [5.74, 6) is 0. The lowest BCUT2D eigenvalue weighted by molar-refractivity contribution is 0.660. The normalized spacial score (nSPS) is 12.7. The van der Waals surface area contributed by atoms with E-state index in [-0.39, 0.29) is 5.41 Å². The Labute approximate surface area is 391 Å². The molecule has 0 radical (unpaired) electrons. The van der Waals surface area contributed by atoms with Crippen LogP contribution in [-0.2, 0) is 5.41 Å². The molecule has 0 saturated heterocycles. The van der Waals surface area contributed by atoms with Gasteiger partial charge in [0.05, 0.1) is 16.7 Å². The molecule has 1 heterocycles. The number of rotatable bonds is 7. The fourth-order valence-corrected chi connectivity index (χ4v) is 11.1. The summed E-state index contributed by atoms with van der Waals surface area (Å²) >= 11 is 0. The average molecular weight is 855 g/mol. The van der Waals surface area contributed by atoms with Crippen LogP contribution in [0.3, 0.4) is 0 Å². The van der Waals surface area contributed by atoms with Gasteiger partial charge in [0.15, 0.2) is 0 Å². The lowest BCUT2D eigenvalue weighted by Crippen LogP contribution is -2.16. The van der Waals surface area contributed by atoms with E-state index in [9.17, 15) is 0 Å². The van der Waals surface area contributed by atoms with Gasteiger partial charge < -0.3 is 9.47 Å². The molecule has 67 heavy (non-hydrogen) atoms. The first-order valence-electron chi connectivity index (χ1n) is 23.3. The van der Waals surface area contributed by atoms with Crippen LogP contribution in [0.4, 0.5) is 17.1 Å². The van der Waals surface area contributed by atoms with Gasteiger partial charge in [-0.25, -0.2) is 0 Å². The summed E-state index contributed by atoms with van der Waals surface area (Å²) in [6.45, 7) is 4.72. The van der Waals surface area contributed by atoms with Gasteiger partial charge >= 0.3 is 0 Å². The molecule has 0 aliphatic heterocycles. The van der Waals surface area contributed by atoms with Crippen LogP contribution in [0.1, 0.15) is 25.0 Å². The van der Waals surface area contributed by atoms with E-state index in [1.807, 2.05) is 0 Å². The second kappa shape index (κ2) is 15.3. The molecule has 0 amide bonds. The molecule has 1 aliphatic carbocycles. The van der Waals surface area contributed by atoms with Gasteiger partial charge in [0.25, 0.3) is 0 Å². The van der Waals surface area contributed by atoms with E-state index in [0.717, 1.165) is 17.1 Å². The number of para-hydroxylation sites is 1. The Morgan fingerprint density at radius 1 is 0.313 bits per heavy atom. The standard InChI is InChI=1S/C65H46N2/c1-65(2)60-28-9-7-25-56(60)57-37-36-52(42-61(57)65)66(50-34-31-45(32-35-50)54-27-13-17-43-15-3-5-23-53(43)54)51-22-12-21-48(40-51)46-19-11-20-47(39-46)49-33-38-64-59(41-49)58-26-8-10-29-63(58)67(64)62-30-14-18-44-16-4-6-24-55(44)62/h3-42H,1-2H3. The minimum absolute atomic E-state index is 0.123. The quantitative estimate of drug-likeness (QED) is 0.155. The molecule has 0 fully saturated rings. The first-order chi connectivity index (χ1) is 33.0. The largest absolute Gasteiger partial charge is 0.310 e. The van der Waals surface area contributed by atoms with Crippen LogP contribution in [0.5, 0.6) is 0 Å². The van der Waals surface area contributed by atoms with Crippen molar-refractivity contribution >= 4 is 60.4 Å². The molecule has 316 valence electrons. The highest BCUT2D eigenvalue weighted by Crippen LogP contribution is 2.51. The lowest BCUT2D eigenvalue weighted by Gasteiger charge is -2.28. The number of benzene rings is 11. The molecule has 1 aromatic heterocycles. The molecule has 0 atom stereocenters. The monoisotopic (exact) mass is 854 g/mol. The second-order valence-electron chi connectivity index (χ2n) is 18.5. The summed E-state index contributed by atoms with van der Waals surface area (Å²) in [7, 11) is 0. The maximum atomic E-state index is 2.43. The SMILES string of the molecule is CC1(C)c2ccccc2-c2ccc(N(c3ccc(-c4cccc5ccccc45)cc3)c3cccc(-c4cccc(-c5ccc6c(c5)c5ccccc5n6-c5cccc6ccccc56)c4)c3)cc21. The molecule has 1 aliphatic rings. The Morgan fingerprint density at radius 3 is 1.67 bits per heavy atom. The summed E-state index contributed by atoms with van der Waals surface area (Å²) in [5, 5.41) is 7.49. The van der Waals surface area contributed by atoms with Crippen LogP contribution in [0, 0.1) is 0 Å². The molecule has 12 aromatic rings. The third-order valence-electron chi connectivity index (χ3n) is 14.4. The fraction of sp³-hybridized carbons (Fsp3) is 0.0462. The van der Waals surface area contributed by atoms with Crippen molar-refractivity contribution in [3.05, 3.63) is 254 Å². The van der Waals surface area contributed by atoms with Gasteiger partial charge in [-0.3, -0.25) is 0 Å². The third kappa shape index (κ3) is 6.32. The predicted molar refractivity (Wildman–Crippen MR) is 284 cm³/mol. The van der Waals surface area contributed by atoms with Gasteiger partial charge in [0.1, 0.15) is 0 Å². The van der Waals surface area contributed by atoms with Gasteiger partial charge in [0, 0.05) is 38.6 Å². The van der Waals surface area contributed by atoms with Gasteiger partial charge in [0.2, 0.25) is 0 Å². The van der Waals surface area contributed by atoms with E-state index in [1.165, 1.54) is 105 Å². The molecule has 13 rings (SSSR count). The molecular formula is C65H46N2. The van der Waals surface area contributed by atoms with E-state index < -0.39 is 0 Å². The minimum Gasteiger partial charge on any atom is -0.310 e. The van der Waals surface area contributed by atoms with Crippen LogP contribution in [0.2, 0.25) is 0 Å². The van der Waals surface area contributed by atoms with E-state index >= 15 is 0 Å². The highest BCUT2D eigenvalue weighted by atomic mass is 15.1. The van der Waals surface area contributed by atoms with Crippen LogP contribution >= 0.6 is 0 Å². The maximum absolute atomic E-state index is 2.43. The molecule has 11 aromatic carbocycles. The van der Waals surface area contributed by atoms with Gasteiger partial charge in [-0.1, -0.05) is 190 Å². The van der Waals surface area contributed by atoms with Crippen molar-refractivity contribution in [3.63, 3.8) is 0 Å². The topological polar surface area (TPSA) is 8.17 Å². The first-order valence-corrected chi connectivity index (χ1v) is 23.3. The first kappa shape index (κ1) is 39.0. The molecule has 2 heteroatoms. The Morgan fingerprint density at radius 2 is 0.851 bits per heavy atom.